The van der Waals surface area contributed by atoms with E-state index in [-0.39, 0.29) is 11.8 Å². The minimum absolute atomic E-state index is 0.133. The van der Waals surface area contributed by atoms with E-state index < -0.39 is 0 Å². The van der Waals surface area contributed by atoms with Crippen LogP contribution in [0.4, 0.5) is 5.69 Å². The van der Waals surface area contributed by atoms with Crippen LogP contribution in [0.1, 0.15) is 50.9 Å². The standard InChI is InChI=1S/C25H26N4O3/c1-3-23(31)27(2)16-20-6-4-18(5-7-20)14-19-8-10-22(11-9-19)28-12-13-29-24(25(28)32)21(17-30)15-26-29/h4-11,15,17H,3,12-14,16H2,1-2H3. The van der Waals surface area contributed by atoms with Gasteiger partial charge < -0.3 is 9.80 Å². The fourth-order valence-corrected chi connectivity index (χ4v) is 3.98. The molecule has 2 amide bonds. The van der Waals surface area contributed by atoms with Gasteiger partial charge in [0.1, 0.15) is 5.69 Å². The number of aromatic nitrogens is 2. The second kappa shape index (κ2) is 9.18. The van der Waals surface area contributed by atoms with Crippen LogP contribution in [0.3, 0.4) is 0 Å². The van der Waals surface area contributed by atoms with Gasteiger partial charge in [-0.15, -0.1) is 0 Å². The third kappa shape index (κ3) is 4.32. The monoisotopic (exact) mass is 430 g/mol. The number of rotatable bonds is 7. The second-order valence-electron chi connectivity index (χ2n) is 8.01. The van der Waals surface area contributed by atoms with Crippen LogP contribution < -0.4 is 4.90 Å². The number of fused-ring (bicyclic) bond motifs is 1. The predicted molar refractivity (Wildman–Crippen MR) is 122 cm³/mol. The van der Waals surface area contributed by atoms with Gasteiger partial charge >= 0.3 is 0 Å². The second-order valence-corrected chi connectivity index (χ2v) is 8.01. The van der Waals surface area contributed by atoms with E-state index in [2.05, 4.69) is 29.4 Å². The van der Waals surface area contributed by atoms with Crippen molar-refractivity contribution in [1.82, 2.24) is 14.7 Å². The van der Waals surface area contributed by atoms with Crippen molar-refractivity contribution >= 4 is 23.8 Å². The molecule has 0 aliphatic carbocycles. The highest BCUT2D eigenvalue weighted by atomic mass is 16.2. The molecule has 0 spiro atoms. The number of benzene rings is 2. The third-order valence-electron chi connectivity index (χ3n) is 5.81. The minimum atomic E-state index is -0.203. The lowest BCUT2D eigenvalue weighted by Gasteiger charge is -2.28. The number of anilines is 1. The Kier molecular flexibility index (Phi) is 6.16. The van der Waals surface area contributed by atoms with Gasteiger partial charge in [0.2, 0.25) is 5.91 Å². The van der Waals surface area contributed by atoms with E-state index in [0.29, 0.717) is 43.6 Å². The molecule has 0 radical (unpaired) electrons. The molecular weight excluding hydrogens is 404 g/mol. The molecule has 0 bridgehead atoms. The summed E-state index contributed by atoms with van der Waals surface area (Å²) in [7, 11) is 1.82. The Morgan fingerprint density at radius 3 is 2.28 bits per heavy atom. The van der Waals surface area contributed by atoms with Crippen LogP contribution in [0.25, 0.3) is 0 Å². The quantitative estimate of drug-likeness (QED) is 0.539. The number of carbonyl (C=O) groups excluding carboxylic acids is 3. The smallest absolute Gasteiger partial charge is 0.277 e. The first-order valence-corrected chi connectivity index (χ1v) is 10.7. The predicted octanol–water partition coefficient (Wildman–Crippen LogP) is 3.32. The number of nitrogens with zero attached hydrogens (tertiary/aromatic N) is 4. The molecule has 1 aliphatic rings. The van der Waals surface area contributed by atoms with E-state index >= 15 is 0 Å². The van der Waals surface area contributed by atoms with Crippen molar-refractivity contribution in [3.8, 4) is 0 Å². The minimum Gasteiger partial charge on any atom is -0.341 e. The van der Waals surface area contributed by atoms with Gasteiger partial charge in [0.25, 0.3) is 5.91 Å². The summed E-state index contributed by atoms with van der Waals surface area (Å²) in [6, 6.07) is 16.2. The molecule has 2 heterocycles. The lowest BCUT2D eigenvalue weighted by molar-refractivity contribution is -0.130. The van der Waals surface area contributed by atoms with E-state index in [1.165, 1.54) is 11.8 Å². The molecule has 7 nitrogen and oxygen atoms in total. The Bertz CT molecular complexity index is 1130. The normalized spacial score (nSPS) is 13.1. The summed E-state index contributed by atoms with van der Waals surface area (Å²) in [6.45, 7) is 3.55. The molecule has 0 unspecified atom stereocenters. The first kappa shape index (κ1) is 21.5. The molecule has 0 N–H and O–H groups in total. The molecule has 0 saturated carbocycles. The summed E-state index contributed by atoms with van der Waals surface area (Å²) in [5, 5.41) is 4.12. The largest absolute Gasteiger partial charge is 0.341 e. The first-order chi connectivity index (χ1) is 15.5. The van der Waals surface area contributed by atoms with Gasteiger partial charge in [-0.05, 0) is 35.2 Å². The maximum atomic E-state index is 12.9. The maximum absolute atomic E-state index is 12.9. The summed E-state index contributed by atoms with van der Waals surface area (Å²) in [4.78, 5) is 39.3. The van der Waals surface area contributed by atoms with Crippen molar-refractivity contribution in [2.75, 3.05) is 18.5 Å². The maximum Gasteiger partial charge on any atom is 0.277 e. The van der Waals surface area contributed by atoms with Crippen molar-refractivity contribution < 1.29 is 14.4 Å². The molecule has 32 heavy (non-hydrogen) atoms. The summed E-state index contributed by atoms with van der Waals surface area (Å²) < 4.78 is 1.59. The molecule has 3 aromatic rings. The number of carbonyl (C=O) groups is 3. The van der Waals surface area contributed by atoms with Crippen LogP contribution in [0.15, 0.2) is 54.7 Å². The van der Waals surface area contributed by atoms with Gasteiger partial charge in [0.05, 0.1) is 18.3 Å². The van der Waals surface area contributed by atoms with Crippen molar-refractivity contribution in [3.05, 3.63) is 82.7 Å². The molecule has 2 aromatic carbocycles. The Morgan fingerprint density at radius 1 is 1.03 bits per heavy atom. The van der Waals surface area contributed by atoms with Gasteiger partial charge in [-0.1, -0.05) is 43.3 Å². The zero-order valence-corrected chi connectivity index (χ0v) is 18.3. The first-order valence-electron chi connectivity index (χ1n) is 10.7. The van der Waals surface area contributed by atoms with Crippen molar-refractivity contribution in [2.24, 2.45) is 0 Å². The Balaban J connectivity index is 1.42. The Hall–Kier alpha value is -3.74. The summed E-state index contributed by atoms with van der Waals surface area (Å²) in [6.07, 6.45) is 3.40. The van der Waals surface area contributed by atoms with E-state index in [1.54, 1.807) is 14.5 Å². The average molecular weight is 431 g/mol. The lowest BCUT2D eigenvalue weighted by atomic mass is 10.0. The van der Waals surface area contributed by atoms with Crippen LogP contribution in [0.2, 0.25) is 0 Å². The van der Waals surface area contributed by atoms with Gasteiger partial charge in [0, 0.05) is 32.2 Å². The van der Waals surface area contributed by atoms with Crippen LogP contribution in [-0.4, -0.2) is 46.4 Å². The van der Waals surface area contributed by atoms with Gasteiger partial charge in [-0.2, -0.15) is 5.10 Å². The van der Waals surface area contributed by atoms with Gasteiger partial charge in [-0.25, -0.2) is 0 Å². The van der Waals surface area contributed by atoms with Gasteiger partial charge in [0.15, 0.2) is 6.29 Å². The number of aldehydes is 1. The van der Waals surface area contributed by atoms with E-state index in [4.69, 9.17) is 0 Å². The van der Waals surface area contributed by atoms with E-state index in [9.17, 15) is 14.4 Å². The Morgan fingerprint density at radius 2 is 1.66 bits per heavy atom. The zero-order valence-electron chi connectivity index (χ0n) is 18.3. The molecule has 4 rings (SSSR count). The van der Waals surface area contributed by atoms with Crippen molar-refractivity contribution in [3.63, 3.8) is 0 Å². The van der Waals surface area contributed by atoms with Gasteiger partial charge in [-0.3, -0.25) is 19.1 Å². The van der Waals surface area contributed by atoms with Crippen LogP contribution in [0, 0.1) is 0 Å². The van der Waals surface area contributed by atoms with E-state index in [1.807, 2.05) is 38.2 Å². The lowest BCUT2D eigenvalue weighted by Crippen LogP contribution is -2.41. The summed E-state index contributed by atoms with van der Waals surface area (Å²) in [5.74, 6) is -0.0705. The van der Waals surface area contributed by atoms with E-state index in [0.717, 1.165) is 23.2 Å². The third-order valence-corrected chi connectivity index (χ3v) is 5.81. The molecule has 0 fully saturated rings. The zero-order chi connectivity index (χ0) is 22.7. The van der Waals surface area contributed by atoms with Crippen LogP contribution >= 0.6 is 0 Å². The van der Waals surface area contributed by atoms with Crippen molar-refractivity contribution in [2.45, 2.75) is 32.9 Å². The number of amides is 2. The number of hydrogen-bond donors (Lipinski definition) is 0. The molecule has 0 saturated heterocycles. The molecule has 0 atom stereocenters. The average Bonchev–Trinajstić information content (AvgIpc) is 3.25. The van der Waals surface area contributed by atoms with Crippen LogP contribution in [-0.2, 0) is 24.3 Å². The fraction of sp³-hybridized carbons (Fsp3) is 0.280. The topological polar surface area (TPSA) is 75.5 Å². The highest BCUT2D eigenvalue weighted by Gasteiger charge is 2.29. The fourth-order valence-electron chi connectivity index (χ4n) is 3.98. The molecule has 1 aliphatic heterocycles. The summed E-state index contributed by atoms with van der Waals surface area (Å²) in [5.41, 5.74) is 4.90. The van der Waals surface area contributed by atoms with Crippen LogP contribution in [0.5, 0.6) is 0 Å². The molecule has 1 aromatic heterocycles. The molecule has 164 valence electrons. The number of hydrogen-bond acceptors (Lipinski definition) is 4. The molecular formula is C25H26N4O3. The Labute approximate surface area is 187 Å². The highest BCUT2D eigenvalue weighted by molar-refractivity contribution is 6.09. The van der Waals surface area contributed by atoms with Crippen molar-refractivity contribution in [1.29, 1.82) is 0 Å². The SMILES string of the molecule is CCC(=O)N(C)Cc1ccc(Cc2ccc(N3CCn4ncc(C=O)c4C3=O)cc2)cc1. The molecule has 7 heteroatoms. The summed E-state index contributed by atoms with van der Waals surface area (Å²) >= 11 is 0. The highest BCUT2D eigenvalue weighted by Crippen LogP contribution is 2.23.